The first-order valence-corrected chi connectivity index (χ1v) is 7.30. The van der Waals surface area contributed by atoms with Crippen molar-refractivity contribution < 1.29 is 14.4 Å². The summed E-state index contributed by atoms with van der Waals surface area (Å²) in [6.07, 6.45) is 4.28. The van der Waals surface area contributed by atoms with Gasteiger partial charge in [-0.15, -0.1) is 0 Å². The van der Waals surface area contributed by atoms with Gasteiger partial charge in [-0.05, 0) is 25.0 Å². The average Bonchev–Trinajstić information content (AvgIpc) is 3.11. The highest BCUT2D eigenvalue weighted by Gasteiger charge is 2.37. The van der Waals surface area contributed by atoms with Crippen LogP contribution in [0.1, 0.15) is 46.4 Å². The van der Waals surface area contributed by atoms with Crippen molar-refractivity contribution in [2.75, 3.05) is 13.6 Å². The Bertz CT molecular complexity index is 570. The molecule has 0 unspecified atom stereocenters. The van der Waals surface area contributed by atoms with E-state index in [1.165, 1.54) is 0 Å². The lowest BCUT2D eigenvalue weighted by Gasteiger charge is -2.26. The number of benzene rings is 1. The molecule has 2 aliphatic rings. The van der Waals surface area contributed by atoms with Crippen LogP contribution in [0, 0.1) is 0 Å². The van der Waals surface area contributed by atoms with Gasteiger partial charge in [0.1, 0.15) is 6.54 Å². The standard InChI is InChI=1S/C16H18N2O3/c1-17(11-6-2-3-7-11)14(19)10-18-15(20)12-8-4-5-9-13(12)16(18)21/h4-5,8-9,11H,2-3,6-7,10H2,1H3. The molecule has 21 heavy (non-hydrogen) atoms. The lowest BCUT2D eigenvalue weighted by atomic mass is 10.1. The van der Waals surface area contributed by atoms with Gasteiger partial charge in [-0.3, -0.25) is 19.3 Å². The van der Waals surface area contributed by atoms with Gasteiger partial charge in [0.2, 0.25) is 5.91 Å². The van der Waals surface area contributed by atoms with Crippen molar-refractivity contribution in [3.8, 4) is 0 Å². The summed E-state index contributed by atoms with van der Waals surface area (Å²) < 4.78 is 0. The molecular weight excluding hydrogens is 268 g/mol. The molecule has 1 aliphatic carbocycles. The van der Waals surface area contributed by atoms with E-state index in [9.17, 15) is 14.4 Å². The summed E-state index contributed by atoms with van der Waals surface area (Å²) in [7, 11) is 1.76. The molecule has 0 bridgehead atoms. The highest BCUT2D eigenvalue weighted by atomic mass is 16.2. The number of amides is 3. The second kappa shape index (κ2) is 5.31. The van der Waals surface area contributed by atoms with Gasteiger partial charge in [0, 0.05) is 13.1 Å². The van der Waals surface area contributed by atoms with E-state index in [0.29, 0.717) is 11.1 Å². The molecule has 1 fully saturated rings. The third-order valence-corrected chi connectivity index (χ3v) is 4.44. The predicted octanol–water partition coefficient (Wildman–Crippen LogP) is 1.68. The van der Waals surface area contributed by atoms with Gasteiger partial charge in [0.25, 0.3) is 11.8 Å². The van der Waals surface area contributed by atoms with E-state index in [-0.39, 0.29) is 30.3 Å². The number of hydrogen-bond acceptors (Lipinski definition) is 3. The van der Waals surface area contributed by atoms with E-state index in [2.05, 4.69) is 0 Å². The second-order valence-corrected chi connectivity index (χ2v) is 5.68. The van der Waals surface area contributed by atoms with Crippen LogP contribution >= 0.6 is 0 Å². The molecule has 5 heteroatoms. The van der Waals surface area contributed by atoms with Crippen molar-refractivity contribution in [1.82, 2.24) is 9.80 Å². The van der Waals surface area contributed by atoms with Crippen LogP contribution in [0.5, 0.6) is 0 Å². The molecule has 0 radical (unpaired) electrons. The highest BCUT2D eigenvalue weighted by Crippen LogP contribution is 2.24. The fourth-order valence-electron chi connectivity index (χ4n) is 3.12. The number of carbonyl (C=O) groups is 3. The lowest BCUT2D eigenvalue weighted by Crippen LogP contribution is -2.44. The third kappa shape index (κ3) is 2.33. The minimum atomic E-state index is -0.372. The largest absolute Gasteiger partial charge is 0.341 e. The zero-order valence-corrected chi connectivity index (χ0v) is 12.0. The van der Waals surface area contributed by atoms with Gasteiger partial charge in [-0.1, -0.05) is 25.0 Å². The van der Waals surface area contributed by atoms with Gasteiger partial charge in [0.15, 0.2) is 0 Å². The van der Waals surface area contributed by atoms with E-state index in [0.717, 1.165) is 30.6 Å². The fraction of sp³-hybridized carbons (Fsp3) is 0.438. The van der Waals surface area contributed by atoms with Crippen molar-refractivity contribution in [3.05, 3.63) is 35.4 Å². The maximum absolute atomic E-state index is 12.3. The van der Waals surface area contributed by atoms with Gasteiger partial charge >= 0.3 is 0 Å². The molecule has 3 rings (SSSR count). The first kappa shape index (κ1) is 13.8. The van der Waals surface area contributed by atoms with Crippen LogP contribution in [0.3, 0.4) is 0 Å². The van der Waals surface area contributed by atoms with Crippen LogP contribution < -0.4 is 0 Å². The van der Waals surface area contributed by atoms with Gasteiger partial charge < -0.3 is 4.90 Å². The van der Waals surface area contributed by atoms with Crippen LogP contribution in [-0.2, 0) is 4.79 Å². The van der Waals surface area contributed by atoms with E-state index < -0.39 is 0 Å². The van der Waals surface area contributed by atoms with Gasteiger partial charge in [-0.2, -0.15) is 0 Å². The summed E-state index contributed by atoms with van der Waals surface area (Å²) in [5.41, 5.74) is 0.776. The number of nitrogens with zero attached hydrogens (tertiary/aromatic N) is 2. The Morgan fingerprint density at radius 1 is 1.14 bits per heavy atom. The summed E-state index contributed by atoms with van der Waals surface area (Å²) in [4.78, 5) is 39.5. The van der Waals surface area contributed by atoms with Crippen molar-refractivity contribution >= 4 is 17.7 Å². The maximum Gasteiger partial charge on any atom is 0.262 e. The molecule has 1 aromatic carbocycles. The number of fused-ring (bicyclic) bond motifs is 1. The average molecular weight is 286 g/mol. The van der Waals surface area contributed by atoms with Crippen LogP contribution in [0.4, 0.5) is 0 Å². The van der Waals surface area contributed by atoms with Gasteiger partial charge in [0.05, 0.1) is 11.1 Å². The minimum Gasteiger partial charge on any atom is -0.341 e. The minimum absolute atomic E-state index is 0.167. The summed E-state index contributed by atoms with van der Waals surface area (Å²) in [5.74, 6) is -0.913. The van der Waals surface area contributed by atoms with E-state index in [1.54, 1.807) is 36.2 Å². The molecule has 0 saturated heterocycles. The first-order valence-electron chi connectivity index (χ1n) is 7.30. The molecular formula is C16H18N2O3. The zero-order valence-electron chi connectivity index (χ0n) is 12.0. The van der Waals surface area contributed by atoms with Gasteiger partial charge in [-0.25, -0.2) is 0 Å². The first-order chi connectivity index (χ1) is 10.1. The molecule has 0 aromatic heterocycles. The molecule has 1 aromatic rings. The number of imide groups is 1. The number of carbonyl (C=O) groups excluding carboxylic acids is 3. The highest BCUT2D eigenvalue weighted by molar-refractivity contribution is 6.22. The fourth-order valence-corrected chi connectivity index (χ4v) is 3.12. The predicted molar refractivity (Wildman–Crippen MR) is 76.8 cm³/mol. The Morgan fingerprint density at radius 2 is 1.67 bits per heavy atom. The Balaban J connectivity index is 1.73. The van der Waals surface area contributed by atoms with Crippen LogP contribution in [-0.4, -0.2) is 47.2 Å². The van der Waals surface area contributed by atoms with E-state index in [1.807, 2.05) is 0 Å². The van der Waals surface area contributed by atoms with Crippen molar-refractivity contribution in [1.29, 1.82) is 0 Å². The molecule has 3 amide bonds. The maximum atomic E-state index is 12.3. The quantitative estimate of drug-likeness (QED) is 0.794. The third-order valence-electron chi connectivity index (χ3n) is 4.44. The van der Waals surface area contributed by atoms with Crippen LogP contribution in [0.25, 0.3) is 0 Å². The van der Waals surface area contributed by atoms with Crippen molar-refractivity contribution in [2.45, 2.75) is 31.7 Å². The van der Waals surface area contributed by atoms with E-state index >= 15 is 0 Å². The lowest BCUT2D eigenvalue weighted by molar-refractivity contribution is -0.132. The number of hydrogen-bond donors (Lipinski definition) is 0. The molecule has 1 heterocycles. The topological polar surface area (TPSA) is 57.7 Å². The Morgan fingerprint density at radius 3 is 2.19 bits per heavy atom. The van der Waals surface area contributed by atoms with Crippen molar-refractivity contribution in [2.24, 2.45) is 0 Å². The molecule has 1 saturated carbocycles. The number of likely N-dealkylation sites (N-methyl/N-ethyl adjacent to an activating group) is 1. The van der Waals surface area contributed by atoms with Crippen LogP contribution in [0.15, 0.2) is 24.3 Å². The number of rotatable bonds is 3. The Kier molecular flexibility index (Phi) is 3.49. The smallest absolute Gasteiger partial charge is 0.262 e. The molecule has 0 N–H and O–H groups in total. The summed E-state index contributed by atoms with van der Waals surface area (Å²) in [6, 6.07) is 6.94. The second-order valence-electron chi connectivity index (χ2n) is 5.68. The van der Waals surface area contributed by atoms with Crippen molar-refractivity contribution in [3.63, 3.8) is 0 Å². The molecule has 1 aliphatic heterocycles. The van der Waals surface area contributed by atoms with E-state index in [4.69, 9.17) is 0 Å². The molecule has 5 nitrogen and oxygen atoms in total. The summed E-state index contributed by atoms with van der Waals surface area (Å²) in [6.45, 7) is -0.167. The summed E-state index contributed by atoms with van der Waals surface area (Å²) in [5, 5.41) is 0. The SMILES string of the molecule is CN(C(=O)CN1C(=O)c2ccccc2C1=O)C1CCCC1. The Labute approximate surface area is 123 Å². The Hall–Kier alpha value is -2.17. The molecule has 110 valence electrons. The monoisotopic (exact) mass is 286 g/mol. The molecule has 0 atom stereocenters. The molecule has 0 spiro atoms. The normalized spacial score (nSPS) is 18.2. The van der Waals surface area contributed by atoms with Crippen LogP contribution in [0.2, 0.25) is 0 Å². The zero-order chi connectivity index (χ0) is 15.0. The summed E-state index contributed by atoms with van der Waals surface area (Å²) >= 11 is 0.